The lowest BCUT2D eigenvalue weighted by molar-refractivity contribution is 0.555. The van der Waals surface area contributed by atoms with Gasteiger partial charge < -0.3 is 9.88 Å². The maximum absolute atomic E-state index is 13.5. The molecule has 1 aromatic carbocycles. The Hall–Kier alpha value is -3.52. The molecule has 3 aromatic heterocycles. The van der Waals surface area contributed by atoms with E-state index in [1.54, 1.807) is 10.8 Å². The average molecular weight is 461 g/mol. The summed E-state index contributed by atoms with van der Waals surface area (Å²) in [4.78, 5) is 36.3. The largest absolute Gasteiger partial charge is 0.332 e. The standard InChI is InChI=1S/C26H32N6O2/c1-3-16-32-25(33)23-24(31(26(32)34)17-13-20-10-6-5-7-11-20)29-22(30(23)18-15-27-4-2)19-21-12-8-9-14-28-21/h5-12,14,27H,3-4,13,15-19H2,1-2H3. The molecular formula is C26H32N6O2. The monoisotopic (exact) mass is 460 g/mol. The van der Waals surface area contributed by atoms with Crippen molar-refractivity contribution in [2.75, 3.05) is 13.1 Å². The molecule has 8 nitrogen and oxygen atoms in total. The molecule has 4 aromatic rings. The minimum atomic E-state index is -0.295. The molecule has 0 bridgehead atoms. The van der Waals surface area contributed by atoms with Crippen LogP contribution in [0.3, 0.4) is 0 Å². The van der Waals surface area contributed by atoms with Crippen LogP contribution in [0.25, 0.3) is 11.2 Å². The predicted octanol–water partition coefficient (Wildman–Crippen LogP) is 2.61. The van der Waals surface area contributed by atoms with Crippen LogP contribution in [0.5, 0.6) is 0 Å². The highest BCUT2D eigenvalue weighted by molar-refractivity contribution is 5.71. The van der Waals surface area contributed by atoms with Gasteiger partial charge in [0.25, 0.3) is 5.56 Å². The molecule has 3 heterocycles. The molecule has 34 heavy (non-hydrogen) atoms. The van der Waals surface area contributed by atoms with Crippen LogP contribution in [0.1, 0.15) is 37.4 Å². The van der Waals surface area contributed by atoms with E-state index in [9.17, 15) is 9.59 Å². The number of nitrogens with zero attached hydrogens (tertiary/aromatic N) is 5. The minimum absolute atomic E-state index is 0.269. The summed E-state index contributed by atoms with van der Waals surface area (Å²) in [5, 5.41) is 3.33. The van der Waals surface area contributed by atoms with Crippen molar-refractivity contribution < 1.29 is 0 Å². The summed E-state index contributed by atoms with van der Waals surface area (Å²) in [7, 11) is 0. The van der Waals surface area contributed by atoms with Crippen LogP contribution in [0.4, 0.5) is 0 Å². The van der Waals surface area contributed by atoms with E-state index in [2.05, 4.69) is 17.2 Å². The average Bonchev–Trinajstić information content (AvgIpc) is 3.21. The normalized spacial score (nSPS) is 11.4. The Morgan fingerprint density at radius 2 is 1.68 bits per heavy atom. The summed E-state index contributed by atoms with van der Waals surface area (Å²) in [6, 6.07) is 15.8. The fourth-order valence-corrected chi connectivity index (χ4v) is 4.25. The SMILES string of the molecule is CCCn1c(=O)c2c(nc(Cc3ccccn3)n2CCNCC)n(CCc2ccccc2)c1=O. The van der Waals surface area contributed by atoms with E-state index in [0.29, 0.717) is 56.6 Å². The molecule has 0 fully saturated rings. The second kappa shape index (κ2) is 11.1. The van der Waals surface area contributed by atoms with Crippen LogP contribution in [0.2, 0.25) is 0 Å². The Kier molecular flexibility index (Phi) is 7.69. The number of aromatic nitrogens is 5. The lowest BCUT2D eigenvalue weighted by atomic mass is 10.1. The first-order chi connectivity index (χ1) is 16.6. The number of pyridine rings is 1. The molecule has 0 unspecified atom stereocenters. The van der Waals surface area contributed by atoms with Gasteiger partial charge in [0.2, 0.25) is 0 Å². The summed E-state index contributed by atoms with van der Waals surface area (Å²) in [6.45, 7) is 6.99. The first-order valence-corrected chi connectivity index (χ1v) is 12.0. The van der Waals surface area contributed by atoms with Crippen molar-refractivity contribution in [2.45, 2.75) is 52.7 Å². The molecular weight excluding hydrogens is 428 g/mol. The number of benzene rings is 1. The molecule has 0 amide bonds. The van der Waals surface area contributed by atoms with Gasteiger partial charge in [-0.1, -0.05) is 50.2 Å². The number of hydrogen-bond donors (Lipinski definition) is 1. The molecule has 0 aliphatic heterocycles. The Morgan fingerprint density at radius 3 is 2.38 bits per heavy atom. The van der Waals surface area contributed by atoms with Crippen molar-refractivity contribution in [3.05, 3.63) is 92.6 Å². The highest BCUT2D eigenvalue weighted by atomic mass is 16.2. The van der Waals surface area contributed by atoms with Crippen molar-refractivity contribution in [3.63, 3.8) is 0 Å². The molecule has 8 heteroatoms. The van der Waals surface area contributed by atoms with Crippen LogP contribution in [0.15, 0.2) is 64.3 Å². The first-order valence-electron chi connectivity index (χ1n) is 12.0. The number of nitrogens with one attached hydrogen (secondary N) is 1. The quantitative estimate of drug-likeness (QED) is 0.348. The molecule has 0 saturated heterocycles. The molecule has 0 spiro atoms. The minimum Gasteiger partial charge on any atom is -0.321 e. The molecule has 0 radical (unpaired) electrons. The van der Waals surface area contributed by atoms with E-state index in [4.69, 9.17) is 4.98 Å². The van der Waals surface area contributed by atoms with Crippen molar-refractivity contribution in [3.8, 4) is 0 Å². The lowest BCUT2D eigenvalue weighted by Gasteiger charge is -2.13. The summed E-state index contributed by atoms with van der Waals surface area (Å²) in [6.07, 6.45) is 3.62. The maximum atomic E-state index is 13.5. The molecule has 0 saturated carbocycles. The van der Waals surface area contributed by atoms with E-state index in [1.165, 1.54) is 4.57 Å². The van der Waals surface area contributed by atoms with Crippen LogP contribution in [-0.4, -0.2) is 36.8 Å². The Balaban J connectivity index is 1.87. The lowest BCUT2D eigenvalue weighted by Crippen LogP contribution is -2.41. The second-order valence-corrected chi connectivity index (χ2v) is 8.33. The van der Waals surface area contributed by atoms with Gasteiger partial charge in [-0.3, -0.25) is 18.9 Å². The van der Waals surface area contributed by atoms with Crippen LogP contribution >= 0.6 is 0 Å². The smallest absolute Gasteiger partial charge is 0.321 e. The maximum Gasteiger partial charge on any atom is 0.332 e. The first kappa shape index (κ1) is 23.6. The number of rotatable bonds is 11. The Labute approximate surface area is 198 Å². The van der Waals surface area contributed by atoms with Crippen LogP contribution in [0, 0.1) is 0 Å². The van der Waals surface area contributed by atoms with E-state index in [0.717, 1.165) is 23.6 Å². The third-order valence-electron chi connectivity index (χ3n) is 5.94. The molecule has 1 N–H and O–H groups in total. The predicted molar refractivity (Wildman–Crippen MR) is 134 cm³/mol. The van der Waals surface area contributed by atoms with Gasteiger partial charge in [-0.25, -0.2) is 9.78 Å². The van der Waals surface area contributed by atoms with Gasteiger partial charge in [0.05, 0.1) is 0 Å². The van der Waals surface area contributed by atoms with Gasteiger partial charge in [-0.05, 0) is 37.1 Å². The molecule has 0 atom stereocenters. The highest BCUT2D eigenvalue weighted by Crippen LogP contribution is 2.16. The zero-order chi connectivity index (χ0) is 23.9. The fraction of sp³-hybridized carbons (Fsp3) is 0.385. The van der Waals surface area contributed by atoms with E-state index < -0.39 is 0 Å². The number of aryl methyl sites for hydroxylation is 2. The second-order valence-electron chi connectivity index (χ2n) is 8.33. The van der Waals surface area contributed by atoms with Crippen molar-refractivity contribution >= 4 is 11.2 Å². The number of fused-ring (bicyclic) bond motifs is 1. The van der Waals surface area contributed by atoms with Gasteiger partial charge in [-0.2, -0.15) is 0 Å². The van der Waals surface area contributed by atoms with Crippen LogP contribution in [-0.2, 0) is 32.5 Å². The Morgan fingerprint density at radius 1 is 0.882 bits per heavy atom. The zero-order valence-corrected chi connectivity index (χ0v) is 19.9. The summed E-state index contributed by atoms with van der Waals surface area (Å²) in [5.41, 5.74) is 2.39. The van der Waals surface area contributed by atoms with E-state index in [1.807, 2.05) is 60.0 Å². The van der Waals surface area contributed by atoms with Crippen molar-refractivity contribution in [1.29, 1.82) is 0 Å². The molecule has 0 aliphatic rings. The van der Waals surface area contributed by atoms with E-state index >= 15 is 0 Å². The molecule has 178 valence electrons. The topological polar surface area (TPSA) is 86.7 Å². The van der Waals surface area contributed by atoms with Crippen molar-refractivity contribution in [2.24, 2.45) is 0 Å². The summed E-state index contributed by atoms with van der Waals surface area (Å²) < 4.78 is 5.01. The zero-order valence-electron chi connectivity index (χ0n) is 19.9. The van der Waals surface area contributed by atoms with Gasteiger partial charge in [0, 0.05) is 44.5 Å². The van der Waals surface area contributed by atoms with Gasteiger partial charge in [0.15, 0.2) is 11.2 Å². The number of likely N-dealkylation sites (N-methyl/N-ethyl adjacent to an activating group) is 1. The Bertz CT molecular complexity index is 1340. The third kappa shape index (κ3) is 5.02. The number of hydrogen-bond acceptors (Lipinski definition) is 5. The summed E-state index contributed by atoms with van der Waals surface area (Å²) >= 11 is 0. The third-order valence-corrected chi connectivity index (χ3v) is 5.94. The van der Waals surface area contributed by atoms with Gasteiger partial charge in [-0.15, -0.1) is 0 Å². The highest BCUT2D eigenvalue weighted by Gasteiger charge is 2.21. The van der Waals surface area contributed by atoms with Gasteiger partial charge in [0.1, 0.15) is 5.82 Å². The van der Waals surface area contributed by atoms with Crippen molar-refractivity contribution in [1.82, 2.24) is 29.0 Å². The van der Waals surface area contributed by atoms with Crippen LogP contribution < -0.4 is 16.6 Å². The number of imidazole rings is 1. The molecule has 4 rings (SSSR count). The van der Waals surface area contributed by atoms with Gasteiger partial charge >= 0.3 is 5.69 Å². The fourth-order valence-electron chi connectivity index (χ4n) is 4.25. The summed E-state index contributed by atoms with van der Waals surface area (Å²) in [5.74, 6) is 0.741. The van der Waals surface area contributed by atoms with E-state index in [-0.39, 0.29) is 11.2 Å². The molecule has 0 aliphatic carbocycles.